The van der Waals surface area contributed by atoms with Crippen molar-refractivity contribution in [3.8, 4) is 45.3 Å². The molecular formula is C47H38O2. The van der Waals surface area contributed by atoms with E-state index < -0.39 is 0 Å². The largest absolute Gasteiger partial charge is 0.457 e. The monoisotopic (exact) mass is 634 g/mol. The van der Waals surface area contributed by atoms with Gasteiger partial charge in [-0.2, -0.15) is 0 Å². The van der Waals surface area contributed by atoms with Crippen LogP contribution in [0, 0.1) is 0 Å². The molecule has 0 amide bonds. The molecule has 2 nitrogen and oxygen atoms in total. The number of fused-ring (bicyclic) bond motifs is 8. The second-order valence-electron chi connectivity index (χ2n) is 14.4. The van der Waals surface area contributed by atoms with Gasteiger partial charge in [-0.3, -0.25) is 0 Å². The molecule has 0 aromatic heterocycles. The first kappa shape index (κ1) is 29.5. The molecule has 0 saturated carbocycles. The molecule has 0 atom stereocenters. The highest BCUT2D eigenvalue weighted by atomic mass is 16.5. The fourth-order valence-corrected chi connectivity index (χ4v) is 8.95. The minimum absolute atomic E-state index is 0.241. The predicted molar refractivity (Wildman–Crippen MR) is 205 cm³/mol. The van der Waals surface area contributed by atoms with Gasteiger partial charge in [-0.25, -0.2) is 0 Å². The zero-order valence-corrected chi connectivity index (χ0v) is 28.6. The third-order valence-corrected chi connectivity index (χ3v) is 11.0. The molecule has 0 N–H and O–H groups in total. The van der Waals surface area contributed by atoms with Crippen molar-refractivity contribution in [3.63, 3.8) is 0 Å². The number of para-hydroxylation sites is 2. The molecule has 0 saturated heterocycles. The topological polar surface area (TPSA) is 18.5 Å². The van der Waals surface area contributed by atoms with Crippen molar-refractivity contribution >= 4 is 33.7 Å². The van der Waals surface area contributed by atoms with Crippen LogP contribution in [0.2, 0.25) is 0 Å². The number of benzene rings is 7. The quantitative estimate of drug-likeness (QED) is 0.188. The maximum absolute atomic E-state index is 6.36. The zero-order valence-electron chi connectivity index (χ0n) is 28.6. The van der Waals surface area contributed by atoms with Crippen molar-refractivity contribution < 1.29 is 9.47 Å². The summed E-state index contributed by atoms with van der Waals surface area (Å²) in [6.07, 6.45) is 4.42. The van der Waals surface area contributed by atoms with Gasteiger partial charge in [0.05, 0.1) is 0 Å². The van der Waals surface area contributed by atoms with E-state index in [4.69, 9.17) is 9.47 Å². The fraction of sp³-hybridized carbons (Fsp3) is 0.149. The summed E-state index contributed by atoms with van der Waals surface area (Å²) in [4.78, 5) is 0. The van der Waals surface area contributed by atoms with E-state index >= 15 is 0 Å². The van der Waals surface area contributed by atoms with Gasteiger partial charge in [-0.15, -0.1) is 0 Å². The minimum atomic E-state index is -0.269. The summed E-state index contributed by atoms with van der Waals surface area (Å²) in [6, 6.07) is 40.2. The number of rotatable bonds is 5. The highest BCUT2D eigenvalue weighted by molar-refractivity contribution is 6.23. The van der Waals surface area contributed by atoms with Gasteiger partial charge in [0, 0.05) is 10.8 Å². The molecule has 7 aromatic rings. The van der Waals surface area contributed by atoms with Gasteiger partial charge in [0.25, 0.3) is 0 Å². The van der Waals surface area contributed by atoms with Crippen LogP contribution in [0.1, 0.15) is 62.4 Å². The van der Waals surface area contributed by atoms with E-state index in [2.05, 4.69) is 108 Å². The van der Waals surface area contributed by atoms with Gasteiger partial charge in [-0.1, -0.05) is 113 Å². The molecular weight excluding hydrogens is 597 g/mol. The fourth-order valence-electron chi connectivity index (χ4n) is 8.95. The zero-order chi connectivity index (χ0) is 33.7. The molecule has 0 unspecified atom stereocenters. The normalized spacial score (nSPS) is 15.2. The molecule has 2 heteroatoms. The molecule has 0 spiro atoms. The van der Waals surface area contributed by atoms with Gasteiger partial charge < -0.3 is 9.47 Å². The highest BCUT2D eigenvalue weighted by Crippen LogP contribution is 2.58. The van der Waals surface area contributed by atoms with Gasteiger partial charge in [0.15, 0.2) is 0 Å². The second-order valence-corrected chi connectivity index (χ2v) is 14.4. The van der Waals surface area contributed by atoms with Crippen molar-refractivity contribution in [1.29, 1.82) is 0 Å². The van der Waals surface area contributed by atoms with Crippen LogP contribution in [0.4, 0.5) is 0 Å². The Hall–Kier alpha value is -5.60. The Balaban J connectivity index is 1.32. The number of ether oxygens (including phenoxy) is 2. The Kier molecular flexibility index (Phi) is 6.30. The highest BCUT2D eigenvalue weighted by Gasteiger charge is 2.43. The summed E-state index contributed by atoms with van der Waals surface area (Å²) in [6.45, 7) is 16.1. The van der Waals surface area contributed by atoms with Crippen LogP contribution in [0.3, 0.4) is 0 Å². The maximum atomic E-state index is 6.36. The number of hydrogen-bond donors (Lipinski definition) is 0. The van der Waals surface area contributed by atoms with Gasteiger partial charge in [-0.05, 0) is 132 Å². The Bertz CT molecular complexity index is 2550. The molecule has 2 aliphatic carbocycles. The molecule has 0 heterocycles. The Morgan fingerprint density at radius 3 is 1.61 bits per heavy atom. The molecule has 9 rings (SSSR count). The first-order valence-corrected chi connectivity index (χ1v) is 17.2. The van der Waals surface area contributed by atoms with Crippen LogP contribution in [-0.2, 0) is 10.8 Å². The first-order valence-electron chi connectivity index (χ1n) is 17.2. The van der Waals surface area contributed by atoms with E-state index in [1.807, 2.05) is 60.7 Å². The molecule has 238 valence electrons. The van der Waals surface area contributed by atoms with Crippen molar-refractivity contribution in [1.82, 2.24) is 0 Å². The minimum Gasteiger partial charge on any atom is -0.457 e. The SMILES string of the molecule is C=Cc1c2c(c3cccc4c5c(/c(=C/C)c1c34)-c1ccc(Oc3ccccc3)cc1C5(C)C)-c1ccc(Oc3ccccc3)cc1C2(C)C. The van der Waals surface area contributed by atoms with Crippen LogP contribution in [0.15, 0.2) is 122 Å². The summed E-state index contributed by atoms with van der Waals surface area (Å²) in [5.74, 6) is 3.39. The third kappa shape index (κ3) is 4.07. The average Bonchev–Trinajstić information content (AvgIpc) is 3.49. The number of hydrogen-bond acceptors (Lipinski definition) is 2. The van der Waals surface area contributed by atoms with E-state index in [1.165, 1.54) is 76.8 Å². The van der Waals surface area contributed by atoms with Gasteiger partial charge in [0.2, 0.25) is 0 Å². The standard InChI is InChI=1S/C47H38O2/c1-7-32-40-33(8-2)44-43(35-25-23-31(27-39(35)46(44,3)4)49-29-18-13-10-14-19-29)36-20-15-21-37(41(36)40)45-42(32)34-24-22-30(26-38(34)47(45,5)6)48-28-16-11-9-12-17-28/h7-27H,2H2,1,3-6H3/b32-7+. The van der Waals surface area contributed by atoms with E-state index in [0.717, 1.165) is 23.0 Å². The van der Waals surface area contributed by atoms with Crippen LogP contribution < -0.4 is 14.7 Å². The summed E-state index contributed by atoms with van der Waals surface area (Å²) in [5.41, 5.74) is 11.2. The van der Waals surface area contributed by atoms with Crippen LogP contribution >= 0.6 is 0 Å². The maximum Gasteiger partial charge on any atom is 0.127 e. The van der Waals surface area contributed by atoms with E-state index in [1.54, 1.807) is 0 Å². The van der Waals surface area contributed by atoms with Crippen molar-refractivity contribution in [2.75, 3.05) is 0 Å². The smallest absolute Gasteiger partial charge is 0.127 e. The molecule has 0 aliphatic heterocycles. The summed E-state index contributed by atoms with van der Waals surface area (Å²) in [7, 11) is 0. The molecule has 0 bridgehead atoms. The first-order chi connectivity index (χ1) is 23.7. The lowest BCUT2D eigenvalue weighted by Gasteiger charge is -2.28. The summed E-state index contributed by atoms with van der Waals surface area (Å²) >= 11 is 0. The van der Waals surface area contributed by atoms with Crippen molar-refractivity contribution in [3.05, 3.63) is 155 Å². The summed E-state index contributed by atoms with van der Waals surface area (Å²) < 4.78 is 12.7. The third-order valence-electron chi connectivity index (χ3n) is 11.0. The van der Waals surface area contributed by atoms with E-state index in [-0.39, 0.29) is 10.8 Å². The molecule has 7 aromatic carbocycles. The lowest BCUT2D eigenvalue weighted by atomic mass is 9.75. The Labute approximate surface area is 287 Å². The molecule has 2 aliphatic rings. The predicted octanol–water partition coefficient (Wildman–Crippen LogP) is 12.4. The molecule has 0 fully saturated rings. The Morgan fingerprint density at radius 1 is 0.531 bits per heavy atom. The van der Waals surface area contributed by atoms with Gasteiger partial charge in [0.1, 0.15) is 23.0 Å². The van der Waals surface area contributed by atoms with Crippen LogP contribution in [0.5, 0.6) is 23.0 Å². The molecule has 0 radical (unpaired) electrons. The van der Waals surface area contributed by atoms with E-state index in [9.17, 15) is 0 Å². The van der Waals surface area contributed by atoms with Gasteiger partial charge >= 0.3 is 0 Å². The lowest BCUT2D eigenvalue weighted by molar-refractivity contribution is 0.480. The Morgan fingerprint density at radius 2 is 1.06 bits per heavy atom. The van der Waals surface area contributed by atoms with Crippen LogP contribution in [-0.4, -0.2) is 0 Å². The summed E-state index contributed by atoms with van der Waals surface area (Å²) in [5, 5.41) is 6.48. The second kappa shape index (κ2) is 10.4. The molecule has 49 heavy (non-hydrogen) atoms. The lowest BCUT2D eigenvalue weighted by Crippen LogP contribution is -2.21. The average molecular weight is 635 g/mol. The van der Waals surface area contributed by atoms with Crippen LogP contribution in [0.25, 0.3) is 56.0 Å². The van der Waals surface area contributed by atoms with Crippen molar-refractivity contribution in [2.24, 2.45) is 0 Å². The van der Waals surface area contributed by atoms with Crippen molar-refractivity contribution in [2.45, 2.75) is 45.4 Å². The van der Waals surface area contributed by atoms with E-state index in [0.29, 0.717) is 0 Å².